The zero-order valence-electron chi connectivity index (χ0n) is 9.16. The Hall–Kier alpha value is -1.06. The van der Waals surface area contributed by atoms with E-state index in [-0.39, 0.29) is 12.5 Å². The zero-order chi connectivity index (χ0) is 11.1. The number of cyclic esters (lactones) is 2. The van der Waals surface area contributed by atoms with Crippen LogP contribution >= 0.6 is 0 Å². The first-order valence-electron chi connectivity index (χ1n) is 5.57. The molecular weight excluding hydrogens is 196 g/mol. The minimum atomic E-state index is -0.476. The van der Waals surface area contributed by atoms with Crippen LogP contribution < -0.4 is 0 Å². The lowest BCUT2D eigenvalue weighted by atomic mass is 10.1. The molecule has 0 radical (unpaired) electrons. The molecular formula is C11H18O4. The van der Waals surface area contributed by atoms with Crippen LogP contribution in [0.1, 0.15) is 45.4 Å². The second kappa shape index (κ2) is 6.43. The molecule has 0 N–H and O–H groups in total. The Morgan fingerprint density at radius 1 is 1.33 bits per heavy atom. The van der Waals surface area contributed by atoms with Gasteiger partial charge in [-0.25, -0.2) is 0 Å². The Morgan fingerprint density at radius 3 is 2.87 bits per heavy atom. The average Bonchev–Trinajstić information content (AvgIpc) is 2.26. The molecule has 15 heavy (non-hydrogen) atoms. The fourth-order valence-electron chi connectivity index (χ4n) is 1.59. The van der Waals surface area contributed by atoms with Crippen molar-refractivity contribution >= 4 is 11.9 Å². The lowest BCUT2D eigenvalue weighted by molar-refractivity contribution is -0.156. The number of ether oxygens (including phenoxy) is 2. The summed E-state index contributed by atoms with van der Waals surface area (Å²) < 4.78 is 10.1. The van der Waals surface area contributed by atoms with Gasteiger partial charge in [0.05, 0.1) is 6.61 Å². The summed E-state index contributed by atoms with van der Waals surface area (Å²) in [6.07, 6.45) is 4.30. The topological polar surface area (TPSA) is 52.6 Å². The van der Waals surface area contributed by atoms with E-state index in [1.54, 1.807) is 0 Å². The van der Waals surface area contributed by atoms with Crippen LogP contribution in [0.2, 0.25) is 0 Å². The summed E-state index contributed by atoms with van der Waals surface area (Å²) in [6.45, 7) is 2.50. The van der Waals surface area contributed by atoms with Crippen molar-refractivity contribution in [3.8, 4) is 0 Å². The summed E-state index contributed by atoms with van der Waals surface area (Å²) in [4.78, 5) is 22.2. The molecule has 0 spiro atoms. The Labute approximate surface area is 89.9 Å². The summed E-state index contributed by atoms with van der Waals surface area (Å²) in [7, 11) is 0. The highest BCUT2D eigenvalue weighted by Crippen LogP contribution is 2.14. The van der Waals surface area contributed by atoms with Gasteiger partial charge in [-0.15, -0.1) is 0 Å². The SMILES string of the molecule is CCCCC1CCCOC(=O)CC(=O)O1. The highest BCUT2D eigenvalue weighted by atomic mass is 16.6. The number of carbonyl (C=O) groups is 2. The fourth-order valence-corrected chi connectivity index (χ4v) is 1.59. The van der Waals surface area contributed by atoms with E-state index in [4.69, 9.17) is 9.47 Å². The van der Waals surface area contributed by atoms with Gasteiger partial charge in [0, 0.05) is 0 Å². The molecule has 1 aliphatic rings. The third-order valence-corrected chi connectivity index (χ3v) is 2.40. The van der Waals surface area contributed by atoms with E-state index in [0.717, 1.165) is 32.1 Å². The Bertz CT molecular complexity index is 225. The van der Waals surface area contributed by atoms with Crippen LogP contribution in [0, 0.1) is 0 Å². The summed E-state index contributed by atoms with van der Waals surface area (Å²) in [6, 6.07) is 0. The average molecular weight is 214 g/mol. The van der Waals surface area contributed by atoms with Crippen molar-refractivity contribution in [1.82, 2.24) is 0 Å². The number of carbonyl (C=O) groups excluding carboxylic acids is 2. The van der Waals surface area contributed by atoms with Gasteiger partial charge in [0.2, 0.25) is 0 Å². The molecule has 0 aliphatic carbocycles. The van der Waals surface area contributed by atoms with Crippen LogP contribution in [0.5, 0.6) is 0 Å². The molecule has 0 aromatic carbocycles. The predicted molar refractivity (Wildman–Crippen MR) is 54.2 cm³/mol. The molecule has 1 heterocycles. The second-order valence-electron chi connectivity index (χ2n) is 3.79. The first-order chi connectivity index (χ1) is 7.22. The van der Waals surface area contributed by atoms with Crippen molar-refractivity contribution in [3.05, 3.63) is 0 Å². The van der Waals surface area contributed by atoms with Crippen LogP contribution in [0.4, 0.5) is 0 Å². The summed E-state index contributed by atoms with van der Waals surface area (Å²) in [5, 5.41) is 0. The second-order valence-corrected chi connectivity index (χ2v) is 3.79. The summed E-state index contributed by atoms with van der Waals surface area (Å²) in [5.74, 6) is -0.931. The maximum absolute atomic E-state index is 11.2. The van der Waals surface area contributed by atoms with Crippen molar-refractivity contribution < 1.29 is 19.1 Å². The standard InChI is InChI=1S/C11H18O4/c1-2-3-5-9-6-4-7-14-10(12)8-11(13)15-9/h9H,2-8H2,1H3. The van der Waals surface area contributed by atoms with Gasteiger partial charge in [-0.05, 0) is 19.3 Å². The van der Waals surface area contributed by atoms with Gasteiger partial charge in [0.15, 0.2) is 0 Å². The molecule has 1 unspecified atom stereocenters. The number of unbranched alkanes of at least 4 members (excludes halogenated alkanes) is 1. The predicted octanol–water partition coefficient (Wildman–Crippen LogP) is 1.82. The molecule has 4 nitrogen and oxygen atoms in total. The number of rotatable bonds is 3. The number of hydrogen-bond acceptors (Lipinski definition) is 4. The zero-order valence-corrected chi connectivity index (χ0v) is 9.16. The molecule has 1 aliphatic heterocycles. The minimum absolute atomic E-state index is 0.0352. The van der Waals surface area contributed by atoms with E-state index in [0.29, 0.717) is 6.61 Å². The highest BCUT2D eigenvalue weighted by Gasteiger charge is 2.19. The van der Waals surface area contributed by atoms with Gasteiger partial charge >= 0.3 is 11.9 Å². The normalized spacial score (nSPS) is 23.4. The minimum Gasteiger partial charge on any atom is -0.465 e. The largest absolute Gasteiger partial charge is 0.465 e. The molecule has 86 valence electrons. The van der Waals surface area contributed by atoms with Crippen LogP contribution in [0.25, 0.3) is 0 Å². The quantitative estimate of drug-likeness (QED) is 0.531. The maximum Gasteiger partial charge on any atom is 0.317 e. The van der Waals surface area contributed by atoms with Crippen molar-refractivity contribution in [2.45, 2.75) is 51.6 Å². The molecule has 1 rings (SSSR count). The molecule has 1 fully saturated rings. The number of esters is 2. The summed E-state index contributed by atoms with van der Waals surface area (Å²) >= 11 is 0. The van der Waals surface area contributed by atoms with Crippen molar-refractivity contribution in [3.63, 3.8) is 0 Å². The van der Waals surface area contributed by atoms with Gasteiger partial charge < -0.3 is 9.47 Å². The lowest BCUT2D eigenvalue weighted by Gasteiger charge is -2.15. The smallest absolute Gasteiger partial charge is 0.317 e. The van der Waals surface area contributed by atoms with E-state index in [9.17, 15) is 9.59 Å². The van der Waals surface area contributed by atoms with E-state index < -0.39 is 11.9 Å². The lowest BCUT2D eigenvalue weighted by Crippen LogP contribution is -2.19. The van der Waals surface area contributed by atoms with Gasteiger partial charge in [0.25, 0.3) is 0 Å². The summed E-state index contributed by atoms with van der Waals surface area (Å²) in [5.41, 5.74) is 0. The van der Waals surface area contributed by atoms with Crippen molar-refractivity contribution in [2.24, 2.45) is 0 Å². The van der Waals surface area contributed by atoms with Crippen molar-refractivity contribution in [2.75, 3.05) is 6.61 Å². The van der Waals surface area contributed by atoms with E-state index in [1.165, 1.54) is 0 Å². The van der Waals surface area contributed by atoms with E-state index in [1.807, 2.05) is 0 Å². The third-order valence-electron chi connectivity index (χ3n) is 2.40. The molecule has 4 heteroatoms. The molecule has 0 aromatic rings. The first-order valence-corrected chi connectivity index (χ1v) is 5.57. The van der Waals surface area contributed by atoms with Crippen molar-refractivity contribution in [1.29, 1.82) is 0 Å². The van der Waals surface area contributed by atoms with Gasteiger partial charge in [-0.2, -0.15) is 0 Å². The van der Waals surface area contributed by atoms with Gasteiger partial charge in [0.1, 0.15) is 12.5 Å². The van der Waals surface area contributed by atoms with Crippen LogP contribution in [-0.2, 0) is 19.1 Å². The van der Waals surface area contributed by atoms with Gasteiger partial charge in [-0.1, -0.05) is 19.8 Å². The first kappa shape index (κ1) is 12.0. The van der Waals surface area contributed by atoms with Crippen LogP contribution in [0.3, 0.4) is 0 Å². The van der Waals surface area contributed by atoms with Gasteiger partial charge in [-0.3, -0.25) is 9.59 Å². The molecule has 1 saturated heterocycles. The maximum atomic E-state index is 11.2. The Kier molecular flexibility index (Phi) is 5.15. The molecule has 0 saturated carbocycles. The molecule has 0 amide bonds. The highest BCUT2D eigenvalue weighted by molar-refractivity contribution is 5.91. The fraction of sp³-hybridized carbons (Fsp3) is 0.818. The van der Waals surface area contributed by atoms with E-state index >= 15 is 0 Å². The van der Waals surface area contributed by atoms with Crippen LogP contribution in [-0.4, -0.2) is 24.6 Å². The Balaban J connectivity index is 2.43. The third kappa shape index (κ3) is 4.81. The molecule has 1 atom stereocenters. The number of hydrogen-bond donors (Lipinski definition) is 0. The van der Waals surface area contributed by atoms with E-state index in [2.05, 4.69) is 6.92 Å². The molecule has 0 bridgehead atoms. The van der Waals surface area contributed by atoms with Crippen LogP contribution in [0.15, 0.2) is 0 Å². The monoisotopic (exact) mass is 214 g/mol. The Morgan fingerprint density at radius 2 is 2.13 bits per heavy atom. The molecule has 0 aromatic heterocycles.